The fraction of sp³-hybridized carbons (Fsp3) is 0.500. The van der Waals surface area contributed by atoms with Crippen molar-refractivity contribution >= 4 is 0 Å². The number of likely N-dealkylation sites (tertiary alicyclic amines) is 1. The first kappa shape index (κ1) is 12.4. The second-order valence-corrected chi connectivity index (χ2v) is 4.96. The minimum Gasteiger partial charge on any atom is -0.293 e. The van der Waals surface area contributed by atoms with E-state index in [1.807, 2.05) is 0 Å². The molecular formula is C16H23N. The van der Waals surface area contributed by atoms with E-state index in [-0.39, 0.29) is 0 Å². The molecule has 1 heteroatoms. The number of hydrogen-bond donors (Lipinski definition) is 0. The smallest absolute Gasteiger partial charge is 0.0279 e. The molecule has 1 aliphatic rings. The number of rotatable bonds is 3. The Morgan fingerprint density at radius 1 is 1.12 bits per heavy atom. The molecule has 92 valence electrons. The van der Waals surface area contributed by atoms with E-state index in [1.165, 1.54) is 44.2 Å². The van der Waals surface area contributed by atoms with Gasteiger partial charge in [0, 0.05) is 12.6 Å². The molecule has 1 nitrogen and oxygen atoms in total. The van der Waals surface area contributed by atoms with E-state index in [4.69, 9.17) is 0 Å². The van der Waals surface area contributed by atoms with Gasteiger partial charge in [-0.1, -0.05) is 55.7 Å². The van der Waals surface area contributed by atoms with Crippen molar-refractivity contribution in [2.45, 2.75) is 44.7 Å². The Labute approximate surface area is 105 Å². The zero-order chi connectivity index (χ0) is 11.9. The lowest BCUT2D eigenvalue weighted by Crippen LogP contribution is -2.35. The maximum absolute atomic E-state index is 4.01. The van der Waals surface area contributed by atoms with Gasteiger partial charge in [0.25, 0.3) is 0 Å². The first-order valence-electron chi connectivity index (χ1n) is 6.80. The van der Waals surface area contributed by atoms with Crippen molar-refractivity contribution in [2.75, 3.05) is 6.54 Å². The number of hydrogen-bond acceptors (Lipinski definition) is 1. The molecule has 0 aliphatic carbocycles. The number of benzene rings is 1. The summed E-state index contributed by atoms with van der Waals surface area (Å²) >= 11 is 0. The van der Waals surface area contributed by atoms with E-state index >= 15 is 0 Å². The first-order chi connectivity index (χ1) is 8.40. The fourth-order valence-electron chi connectivity index (χ4n) is 2.65. The summed E-state index contributed by atoms with van der Waals surface area (Å²) in [5, 5.41) is 0. The highest BCUT2D eigenvalue weighted by Crippen LogP contribution is 2.19. The quantitative estimate of drug-likeness (QED) is 0.708. The van der Waals surface area contributed by atoms with Gasteiger partial charge in [-0.05, 0) is 24.9 Å². The fourth-order valence-corrected chi connectivity index (χ4v) is 2.65. The van der Waals surface area contributed by atoms with Crippen molar-refractivity contribution in [1.82, 2.24) is 4.90 Å². The van der Waals surface area contributed by atoms with Crippen molar-refractivity contribution in [3.05, 3.63) is 48.6 Å². The van der Waals surface area contributed by atoms with E-state index in [2.05, 4.69) is 47.9 Å². The average Bonchev–Trinajstić information content (AvgIpc) is 2.34. The van der Waals surface area contributed by atoms with Gasteiger partial charge in [0.05, 0.1) is 0 Å². The maximum atomic E-state index is 4.01. The van der Waals surface area contributed by atoms with Gasteiger partial charge in [0.1, 0.15) is 0 Å². The van der Waals surface area contributed by atoms with Crippen LogP contribution in [0.5, 0.6) is 0 Å². The third kappa shape index (κ3) is 3.71. The molecule has 1 aromatic rings. The molecule has 1 heterocycles. The van der Waals surface area contributed by atoms with Crippen molar-refractivity contribution in [3.63, 3.8) is 0 Å². The highest BCUT2D eigenvalue weighted by atomic mass is 15.1. The Bertz CT molecular complexity index is 331. The normalized spacial score (nSPS) is 22.7. The molecule has 1 saturated heterocycles. The third-order valence-corrected chi connectivity index (χ3v) is 3.66. The van der Waals surface area contributed by atoms with Gasteiger partial charge in [0.2, 0.25) is 0 Å². The molecule has 1 fully saturated rings. The van der Waals surface area contributed by atoms with Crippen molar-refractivity contribution in [2.24, 2.45) is 0 Å². The largest absolute Gasteiger partial charge is 0.293 e. The van der Waals surface area contributed by atoms with Crippen LogP contribution in [-0.4, -0.2) is 17.5 Å². The molecule has 0 N–H and O–H groups in total. The lowest BCUT2D eigenvalue weighted by Gasteiger charge is -2.31. The van der Waals surface area contributed by atoms with Crippen molar-refractivity contribution < 1.29 is 0 Å². The molecule has 1 aliphatic heterocycles. The van der Waals surface area contributed by atoms with Gasteiger partial charge in [-0.3, -0.25) is 4.90 Å². The monoisotopic (exact) mass is 229 g/mol. The van der Waals surface area contributed by atoms with Crippen LogP contribution < -0.4 is 0 Å². The molecule has 0 saturated carbocycles. The van der Waals surface area contributed by atoms with Crippen LogP contribution in [0.2, 0.25) is 0 Å². The summed E-state index contributed by atoms with van der Waals surface area (Å²) < 4.78 is 0. The van der Waals surface area contributed by atoms with Crippen molar-refractivity contribution in [3.8, 4) is 0 Å². The van der Waals surface area contributed by atoms with Gasteiger partial charge in [-0.2, -0.15) is 0 Å². The zero-order valence-electron chi connectivity index (χ0n) is 10.6. The van der Waals surface area contributed by atoms with E-state index in [9.17, 15) is 0 Å². The lowest BCUT2D eigenvalue weighted by atomic mass is 10.0. The maximum Gasteiger partial charge on any atom is 0.0279 e. The molecule has 0 radical (unpaired) electrons. The van der Waals surface area contributed by atoms with Crippen LogP contribution in [-0.2, 0) is 6.54 Å². The van der Waals surface area contributed by atoms with Gasteiger partial charge < -0.3 is 0 Å². The zero-order valence-corrected chi connectivity index (χ0v) is 10.6. The van der Waals surface area contributed by atoms with Gasteiger partial charge in [-0.25, -0.2) is 0 Å². The second kappa shape index (κ2) is 6.61. The molecule has 1 aromatic carbocycles. The third-order valence-electron chi connectivity index (χ3n) is 3.66. The van der Waals surface area contributed by atoms with E-state index < -0.39 is 0 Å². The summed E-state index contributed by atoms with van der Waals surface area (Å²) in [4.78, 5) is 2.58. The summed E-state index contributed by atoms with van der Waals surface area (Å²) in [7, 11) is 0. The minimum atomic E-state index is 0.565. The van der Waals surface area contributed by atoms with Gasteiger partial charge in [-0.15, -0.1) is 6.58 Å². The molecule has 2 rings (SSSR count). The van der Waals surface area contributed by atoms with Crippen LogP contribution in [0.25, 0.3) is 0 Å². The Morgan fingerprint density at radius 3 is 2.65 bits per heavy atom. The minimum absolute atomic E-state index is 0.565. The highest BCUT2D eigenvalue weighted by molar-refractivity contribution is 5.15. The Balaban J connectivity index is 2.01. The summed E-state index contributed by atoms with van der Waals surface area (Å²) in [6.45, 7) is 6.29. The van der Waals surface area contributed by atoms with Crippen LogP contribution >= 0.6 is 0 Å². The lowest BCUT2D eigenvalue weighted by molar-refractivity contribution is 0.192. The predicted octanol–water partition coefficient (Wildman–Crippen LogP) is 4.01. The average molecular weight is 229 g/mol. The Hall–Kier alpha value is -1.08. The summed E-state index contributed by atoms with van der Waals surface area (Å²) in [5.41, 5.74) is 1.42. The molecule has 1 atom stereocenters. The van der Waals surface area contributed by atoms with Gasteiger partial charge >= 0.3 is 0 Å². The molecule has 0 spiro atoms. The second-order valence-electron chi connectivity index (χ2n) is 4.96. The molecular weight excluding hydrogens is 206 g/mol. The molecule has 1 unspecified atom stereocenters. The Kier molecular flexibility index (Phi) is 4.81. The SMILES string of the molecule is C=CC1CCCCCCN1Cc1ccccc1. The molecule has 0 bridgehead atoms. The van der Waals surface area contributed by atoms with Crippen molar-refractivity contribution in [1.29, 1.82) is 0 Å². The summed E-state index contributed by atoms with van der Waals surface area (Å²) in [6.07, 6.45) is 8.86. The number of nitrogens with zero attached hydrogens (tertiary/aromatic N) is 1. The van der Waals surface area contributed by atoms with Crippen LogP contribution in [0.3, 0.4) is 0 Å². The molecule has 17 heavy (non-hydrogen) atoms. The summed E-state index contributed by atoms with van der Waals surface area (Å²) in [5.74, 6) is 0. The van der Waals surface area contributed by atoms with Gasteiger partial charge in [0.15, 0.2) is 0 Å². The van der Waals surface area contributed by atoms with Crippen LogP contribution in [0.15, 0.2) is 43.0 Å². The Morgan fingerprint density at radius 2 is 1.88 bits per heavy atom. The molecule has 0 aromatic heterocycles. The highest BCUT2D eigenvalue weighted by Gasteiger charge is 2.17. The summed E-state index contributed by atoms with van der Waals surface area (Å²) in [6, 6.07) is 11.3. The van der Waals surface area contributed by atoms with Crippen LogP contribution in [0.4, 0.5) is 0 Å². The topological polar surface area (TPSA) is 3.24 Å². The predicted molar refractivity (Wildman–Crippen MR) is 73.9 cm³/mol. The van der Waals surface area contributed by atoms with E-state index in [0.29, 0.717) is 6.04 Å². The molecule has 0 amide bonds. The standard InChI is InChI=1S/C16H23N/c1-2-16-12-8-3-4-9-13-17(16)14-15-10-6-5-7-11-15/h2,5-7,10-11,16H,1,3-4,8-9,12-14H2. The van der Waals surface area contributed by atoms with Crippen LogP contribution in [0, 0.1) is 0 Å². The first-order valence-corrected chi connectivity index (χ1v) is 6.80. The van der Waals surface area contributed by atoms with Crippen LogP contribution in [0.1, 0.15) is 37.7 Å². The van der Waals surface area contributed by atoms with E-state index in [1.54, 1.807) is 0 Å². The van der Waals surface area contributed by atoms with E-state index in [0.717, 1.165) is 6.54 Å².